The Hall–Kier alpha value is -4.60. The molecule has 2 atom stereocenters. The summed E-state index contributed by atoms with van der Waals surface area (Å²) in [5.41, 5.74) is 3.99. The summed E-state index contributed by atoms with van der Waals surface area (Å²) in [6.45, 7) is 5.51. The van der Waals surface area contributed by atoms with Crippen molar-refractivity contribution in [2.75, 3.05) is 7.11 Å². The van der Waals surface area contributed by atoms with Crippen molar-refractivity contribution in [1.82, 2.24) is 5.32 Å². The third-order valence-corrected chi connectivity index (χ3v) is 7.25. The van der Waals surface area contributed by atoms with Gasteiger partial charge in [-0.15, -0.1) is 0 Å². The van der Waals surface area contributed by atoms with E-state index in [0.29, 0.717) is 35.5 Å². The minimum atomic E-state index is -0.936. The first-order valence-electron chi connectivity index (χ1n) is 13.7. The lowest BCUT2D eigenvalue weighted by molar-refractivity contribution is -0.384. The van der Waals surface area contributed by atoms with Gasteiger partial charge >= 0.3 is 11.9 Å². The first-order valence-corrected chi connectivity index (χ1v) is 13.7. The van der Waals surface area contributed by atoms with Gasteiger partial charge in [0.2, 0.25) is 0 Å². The van der Waals surface area contributed by atoms with Gasteiger partial charge in [0.05, 0.1) is 40.5 Å². The summed E-state index contributed by atoms with van der Waals surface area (Å²) in [5, 5.41) is 23.4. The van der Waals surface area contributed by atoms with Gasteiger partial charge < -0.3 is 14.8 Å². The van der Waals surface area contributed by atoms with Gasteiger partial charge in [0, 0.05) is 29.9 Å². The number of benzene rings is 2. The summed E-state index contributed by atoms with van der Waals surface area (Å²) in [5.74, 6) is -2.23. The van der Waals surface area contributed by atoms with Gasteiger partial charge in [0.15, 0.2) is 0 Å². The number of carbonyl (C=O) groups is 2. The maximum Gasteiger partial charge on any atom is 0.337 e. The number of dihydropyridines is 1. The lowest BCUT2D eigenvalue weighted by Gasteiger charge is -2.31. The van der Waals surface area contributed by atoms with Gasteiger partial charge in [-0.3, -0.25) is 10.1 Å². The van der Waals surface area contributed by atoms with E-state index in [4.69, 9.17) is 9.47 Å². The Bertz CT molecular complexity index is 1460. The number of nitro groups is 1. The molecule has 2 aliphatic heterocycles. The van der Waals surface area contributed by atoms with Gasteiger partial charge in [-0.25, -0.2) is 9.59 Å². The minimum absolute atomic E-state index is 0.156. The predicted octanol–water partition coefficient (Wildman–Crippen LogP) is 5.74. The summed E-state index contributed by atoms with van der Waals surface area (Å²) in [7, 11) is 1.25. The van der Waals surface area contributed by atoms with Crippen LogP contribution in [0.2, 0.25) is 0 Å². The van der Waals surface area contributed by atoms with Crippen molar-refractivity contribution in [3.05, 3.63) is 98.4 Å². The Morgan fingerprint density at radius 2 is 1.73 bits per heavy atom. The van der Waals surface area contributed by atoms with Crippen molar-refractivity contribution < 1.29 is 24.0 Å². The molecule has 0 spiro atoms. The molecule has 2 aromatic rings. The summed E-state index contributed by atoms with van der Waals surface area (Å²) < 4.78 is 11.2. The van der Waals surface area contributed by atoms with E-state index in [1.54, 1.807) is 19.9 Å². The number of non-ortho nitro benzene ring substituents is 1. The molecule has 41 heavy (non-hydrogen) atoms. The fraction of sp³-hybridized carbons (Fsp3) is 0.355. The highest BCUT2D eigenvalue weighted by atomic mass is 16.6. The first-order chi connectivity index (χ1) is 19.7. The van der Waals surface area contributed by atoms with Crippen LogP contribution < -0.4 is 5.32 Å². The fourth-order valence-corrected chi connectivity index (χ4v) is 5.20. The van der Waals surface area contributed by atoms with Gasteiger partial charge in [0.1, 0.15) is 6.10 Å². The van der Waals surface area contributed by atoms with E-state index in [0.717, 1.165) is 30.5 Å². The SMILES string of the molecule is CCCCCC(OC(=O)C1=C(C)NC(C)=C(C(=O)OC)C1c1cccc([N+](=O)[O-])c1)C1=NN=C(c2ccccc2)C1. The quantitative estimate of drug-likeness (QED) is 0.161. The number of esters is 2. The van der Waals surface area contributed by atoms with Crippen LogP contribution in [0.25, 0.3) is 0 Å². The number of nitro benzene ring substituents is 1. The molecule has 0 aliphatic carbocycles. The molecule has 0 amide bonds. The van der Waals surface area contributed by atoms with Crippen LogP contribution in [0, 0.1) is 10.1 Å². The topological polar surface area (TPSA) is 132 Å². The van der Waals surface area contributed by atoms with Gasteiger partial charge in [0.25, 0.3) is 5.69 Å². The largest absolute Gasteiger partial charge is 0.466 e. The zero-order valence-corrected chi connectivity index (χ0v) is 23.7. The lowest BCUT2D eigenvalue weighted by atomic mass is 9.80. The van der Waals surface area contributed by atoms with Crippen LogP contribution in [0.4, 0.5) is 5.69 Å². The van der Waals surface area contributed by atoms with E-state index >= 15 is 0 Å². The number of nitrogens with one attached hydrogen (secondary N) is 1. The van der Waals surface area contributed by atoms with Crippen molar-refractivity contribution in [2.24, 2.45) is 10.2 Å². The molecular weight excluding hydrogens is 524 g/mol. The van der Waals surface area contributed by atoms with Gasteiger partial charge in [-0.1, -0.05) is 62.2 Å². The molecule has 2 heterocycles. The third kappa shape index (κ3) is 6.59. The normalized spacial score (nSPS) is 17.4. The van der Waals surface area contributed by atoms with Crippen LogP contribution in [0.15, 0.2) is 87.3 Å². The maximum atomic E-state index is 14.0. The number of hydrogen-bond acceptors (Lipinski definition) is 9. The van der Waals surface area contributed by atoms with Crippen LogP contribution in [-0.2, 0) is 19.1 Å². The molecular formula is C31H34N4O6. The highest BCUT2D eigenvalue weighted by Gasteiger charge is 2.39. The molecule has 10 heteroatoms. The highest BCUT2D eigenvalue weighted by molar-refractivity contribution is 6.16. The van der Waals surface area contributed by atoms with Crippen molar-refractivity contribution in [3.8, 4) is 0 Å². The second kappa shape index (κ2) is 13.2. The first kappa shape index (κ1) is 29.4. The van der Waals surface area contributed by atoms with Crippen LogP contribution in [-0.4, -0.2) is 41.5 Å². The summed E-state index contributed by atoms with van der Waals surface area (Å²) in [4.78, 5) is 38.0. The number of rotatable bonds is 11. The fourth-order valence-electron chi connectivity index (χ4n) is 5.20. The predicted molar refractivity (Wildman–Crippen MR) is 155 cm³/mol. The van der Waals surface area contributed by atoms with Crippen LogP contribution in [0.3, 0.4) is 0 Å². The Morgan fingerprint density at radius 3 is 2.39 bits per heavy atom. The number of allylic oxidation sites excluding steroid dienone is 2. The zero-order valence-electron chi connectivity index (χ0n) is 23.7. The number of carbonyl (C=O) groups excluding carboxylic acids is 2. The number of unbranched alkanes of at least 4 members (excludes halogenated alkanes) is 2. The third-order valence-electron chi connectivity index (χ3n) is 7.25. The molecule has 214 valence electrons. The van der Waals surface area contributed by atoms with E-state index in [1.807, 2.05) is 30.3 Å². The Morgan fingerprint density at radius 1 is 1.02 bits per heavy atom. The van der Waals surface area contributed by atoms with E-state index in [9.17, 15) is 19.7 Å². The zero-order chi connectivity index (χ0) is 29.5. The smallest absolute Gasteiger partial charge is 0.337 e. The van der Waals surface area contributed by atoms with Crippen molar-refractivity contribution in [3.63, 3.8) is 0 Å². The molecule has 0 bridgehead atoms. The number of methoxy groups -OCH3 is 1. The molecule has 10 nitrogen and oxygen atoms in total. The molecule has 0 saturated carbocycles. The van der Waals surface area contributed by atoms with Crippen molar-refractivity contribution >= 4 is 29.0 Å². The molecule has 1 N–H and O–H groups in total. The van der Waals surface area contributed by atoms with Crippen molar-refractivity contribution in [1.29, 1.82) is 0 Å². The molecule has 0 fully saturated rings. The number of ether oxygens (including phenoxy) is 2. The molecule has 4 rings (SSSR count). The monoisotopic (exact) mass is 558 g/mol. The lowest BCUT2D eigenvalue weighted by Crippen LogP contribution is -2.35. The molecule has 2 aromatic carbocycles. The van der Waals surface area contributed by atoms with Gasteiger partial charge in [-0.2, -0.15) is 10.2 Å². The highest BCUT2D eigenvalue weighted by Crippen LogP contribution is 2.40. The Labute approximate surface area is 239 Å². The summed E-state index contributed by atoms with van der Waals surface area (Å²) in [6, 6.07) is 15.6. The van der Waals surface area contributed by atoms with E-state index in [1.165, 1.54) is 25.3 Å². The van der Waals surface area contributed by atoms with Gasteiger partial charge in [-0.05, 0) is 37.8 Å². The Balaban J connectivity index is 1.68. The Kier molecular flexibility index (Phi) is 9.44. The minimum Gasteiger partial charge on any atom is -0.466 e. The number of nitrogens with zero attached hydrogens (tertiary/aromatic N) is 3. The van der Waals surface area contributed by atoms with E-state index in [2.05, 4.69) is 22.4 Å². The second-order valence-electron chi connectivity index (χ2n) is 10.0. The molecule has 2 unspecified atom stereocenters. The molecule has 0 aromatic heterocycles. The molecule has 0 radical (unpaired) electrons. The molecule has 2 aliphatic rings. The van der Waals surface area contributed by atoms with E-state index in [-0.39, 0.29) is 16.8 Å². The molecule has 0 saturated heterocycles. The van der Waals surface area contributed by atoms with Crippen LogP contribution >= 0.6 is 0 Å². The standard InChI is InChI=1S/C31H34N4O6/c1-5-6-8-16-26(25-18-24(33-34-25)21-12-9-7-10-13-21)41-31(37)28-20(3)32-19(2)27(30(36)40-4)29(28)22-14-11-15-23(17-22)35(38)39/h7,9-15,17,26,29,32H,5-6,8,16,18H2,1-4H3. The van der Waals surface area contributed by atoms with E-state index < -0.39 is 28.9 Å². The van der Waals surface area contributed by atoms with Crippen LogP contribution in [0.1, 0.15) is 69.9 Å². The second-order valence-corrected chi connectivity index (χ2v) is 10.0. The van der Waals surface area contributed by atoms with Crippen LogP contribution in [0.5, 0.6) is 0 Å². The number of hydrogen-bond donors (Lipinski definition) is 1. The summed E-state index contributed by atoms with van der Waals surface area (Å²) in [6.07, 6.45) is 3.17. The average Bonchev–Trinajstić information content (AvgIpc) is 3.47. The average molecular weight is 559 g/mol. The summed E-state index contributed by atoms with van der Waals surface area (Å²) >= 11 is 0. The van der Waals surface area contributed by atoms with Crippen molar-refractivity contribution in [2.45, 2.75) is 64.9 Å². The maximum absolute atomic E-state index is 14.0.